The van der Waals surface area contributed by atoms with Crippen molar-refractivity contribution in [2.45, 2.75) is 11.3 Å². The predicted molar refractivity (Wildman–Crippen MR) is 60.6 cm³/mol. The monoisotopic (exact) mass is 259 g/mol. The van der Waals surface area contributed by atoms with Crippen molar-refractivity contribution < 1.29 is 17.5 Å². The van der Waals surface area contributed by atoms with Gasteiger partial charge in [-0.2, -0.15) is 4.31 Å². The molecule has 1 aliphatic heterocycles. The smallest absolute Gasteiger partial charge is 0.246 e. The van der Waals surface area contributed by atoms with Crippen LogP contribution < -0.4 is 0 Å². The molecule has 94 valence electrons. The number of hydrogen-bond donors (Lipinski definition) is 0. The van der Waals surface area contributed by atoms with Gasteiger partial charge in [-0.15, -0.1) is 0 Å². The van der Waals surface area contributed by atoms with Crippen LogP contribution in [0.25, 0.3) is 0 Å². The first-order valence-corrected chi connectivity index (χ1v) is 6.89. The molecule has 0 atom stereocenters. The van der Waals surface area contributed by atoms with E-state index in [2.05, 4.69) is 0 Å². The van der Waals surface area contributed by atoms with Crippen LogP contribution in [-0.4, -0.2) is 39.0 Å². The Labute approximate surface area is 100 Å². The van der Waals surface area contributed by atoms with Crippen LogP contribution in [0.4, 0.5) is 4.39 Å². The molecular weight excluding hydrogens is 245 g/mol. The number of ether oxygens (including phenoxy) is 1. The van der Waals surface area contributed by atoms with Crippen molar-refractivity contribution in [1.82, 2.24) is 4.31 Å². The van der Waals surface area contributed by atoms with Crippen molar-refractivity contribution in [3.8, 4) is 0 Å². The van der Waals surface area contributed by atoms with E-state index in [0.717, 1.165) is 6.07 Å². The highest BCUT2D eigenvalue weighted by Crippen LogP contribution is 2.19. The van der Waals surface area contributed by atoms with Gasteiger partial charge in [0.2, 0.25) is 10.0 Å². The van der Waals surface area contributed by atoms with E-state index in [1.165, 1.54) is 22.5 Å². The summed E-state index contributed by atoms with van der Waals surface area (Å²) in [6.45, 7) is 1.55. The van der Waals surface area contributed by atoms with Gasteiger partial charge in [-0.3, -0.25) is 0 Å². The van der Waals surface area contributed by atoms with Gasteiger partial charge in [-0.1, -0.05) is 12.1 Å². The van der Waals surface area contributed by atoms with Gasteiger partial charge in [0.15, 0.2) is 0 Å². The molecule has 0 amide bonds. The van der Waals surface area contributed by atoms with Crippen LogP contribution in [0.15, 0.2) is 29.2 Å². The van der Waals surface area contributed by atoms with Crippen molar-refractivity contribution in [3.05, 3.63) is 30.1 Å². The van der Waals surface area contributed by atoms with Crippen LogP contribution in [0.3, 0.4) is 0 Å². The molecule has 17 heavy (non-hydrogen) atoms. The maximum atomic E-state index is 13.5. The summed E-state index contributed by atoms with van der Waals surface area (Å²) in [6, 6.07) is 5.43. The Morgan fingerprint density at radius 3 is 2.71 bits per heavy atom. The summed E-state index contributed by atoms with van der Waals surface area (Å²) in [5, 5.41) is 0. The number of nitrogens with zero attached hydrogens (tertiary/aromatic N) is 1. The normalized spacial score (nSPS) is 18.9. The fourth-order valence-corrected chi connectivity index (χ4v) is 3.28. The quantitative estimate of drug-likeness (QED) is 0.802. The Balaban J connectivity index is 2.32. The van der Waals surface area contributed by atoms with E-state index in [9.17, 15) is 12.8 Å². The molecule has 0 N–H and O–H groups in total. The lowest BCUT2D eigenvalue weighted by Crippen LogP contribution is -2.33. The predicted octanol–water partition coefficient (Wildman–Crippen LogP) is 1.24. The van der Waals surface area contributed by atoms with Crippen LogP contribution in [-0.2, 0) is 14.8 Å². The highest BCUT2D eigenvalue weighted by Gasteiger charge is 2.27. The van der Waals surface area contributed by atoms with Crippen LogP contribution in [0.5, 0.6) is 0 Å². The fraction of sp³-hybridized carbons (Fsp3) is 0.455. The van der Waals surface area contributed by atoms with E-state index in [1.807, 2.05) is 0 Å². The second-order valence-electron chi connectivity index (χ2n) is 3.80. The second-order valence-corrected chi connectivity index (χ2v) is 5.71. The zero-order valence-corrected chi connectivity index (χ0v) is 10.1. The summed E-state index contributed by atoms with van der Waals surface area (Å²) in [5.74, 6) is -0.710. The lowest BCUT2D eigenvalue weighted by Gasteiger charge is -2.19. The van der Waals surface area contributed by atoms with Gasteiger partial charge in [-0.25, -0.2) is 12.8 Å². The van der Waals surface area contributed by atoms with Gasteiger partial charge in [0.25, 0.3) is 0 Å². The first-order valence-electron chi connectivity index (χ1n) is 5.45. The van der Waals surface area contributed by atoms with E-state index >= 15 is 0 Å². The Hall–Kier alpha value is -0.980. The average molecular weight is 259 g/mol. The summed E-state index contributed by atoms with van der Waals surface area (Å²) < 4.78 is 44.3. The Morgan fingerprint density at radius 2 is 1.94 bits per heavy atom. The Kier molecular flexibility index (Phi) is 3.76. The van der Waals surface area contributed by atoms with E-state index in [1.54, 1.807) is 0 Å². The molecule has 0 unspecified atom stereocenters. The molecule has 1 fully saturated rings. The minimum Gasteiger partial charge on any atom is -0.380 e. The first kappa shape index (κ1) is 12.5. The first-order chi connectivity index (χ1) is 8.12. The fourth-order valence-electron chi connectivity index (χ4n) is 1.76. The Bertz CT molecular complexity index is 481. The summed E-state index contributed by atoms with van der Waals surface area (Å²) in [6.07, 6.45) is 0.633. The van der Waals surface area contributed by atoms with E-state index in [-0.39, 0.29) is 11.4 Å². The van der Waals surface area contributed by atoms with Gasteiger partial charge >= 0.3 is 0 Å². The third-order valence-corrected chi connectivity index (χ3v) is 4.57. The van der Waals surface area contributed by atoms with E-state index in [0.29, 0.717) is 26.2 Å². The zero-order valence-electron chi connectivity index (χ0n) is 9.30. The maximum absolute atomic E-state index is 13.5. The third kappa shape index (κ3) is 2.65. The molecule has 0 bridgehead atoms. The highest BCUT2D eigenvalue weighted by atomic mass is 32.2. The van der Waals surface area contributed by atoms with Gasteiger partial charge in [0.1, 0.15) is 10.7 Å². The van der Waals surface area contributed by atoms with Gasteiger partial charge in [0, 0.05) is 19.7 Å². The topological polar surface area (TPSA) is 46.6 Å². The minimum absolute atomic E-state index is 0.262. The molecule has 2 rings (SSSR count). The maximum Gasteiger partial charge on any atom is 0.246 e. The SMILES string of the molecule is O=S(=O)(c1ccccc1F)N1CCCOCC1. The van der Waals surface area contributed by atoms with Crippen LogP contribution >= 0.6 is 0 Å². The second kappa shape index (κ2) is 5.12. The van der Waals surface area contributed by atoms with Crippen molar-refractivity contribution in [2.24, 2.45) is 0 Å². The molecular formula is C11H14FNO3S. The molecule has 1 saturated heterocycles. The molecule has 0 saturated carbocycles. The molecule has 1 aliphatic rings. The number of sulfonamides is 1. The zero-order chi connectivity index (χ0) is 12.3. The minimum atomic E-state index is -3.74. The van der Waals surface area contributed by atoms with E-state index in [4.69, 9.17) is 4.74 Å². The Morgan fingerprint density at radius 1 is 1.18 bits per heavy atom. The summed E-state index contributed by atoms with van der Waals surface area (Å²) in [5.41, 5.74) is 0. The molecule has 1 aromatic rings. The third-order valence-electron chi connectivity index (χ3n) is 2.64. The molecule has 0 aliphatic carbocycles. The van der Waals surface area contributed by atoms with Crippen molar-refractivity contribution in [2.75, 3.05) is 26.3 Å². The van der Waals surface area contributed by atoms with Crippen LogP contribution in [0.1, 0.15) is 6.42 Å². The van der Waals surface area contributed by atoms with Gasteiger partial charge in [-0.05, 0) is 18.6 Å². The standard InChI is InChI=1S/C11H14FNO3S/c12-10-4-1-2-5-11(10)17(14,15)13-6-3-8-16-9-7-13/h1-2,4-5H,3,6-9H2. The molecule has 1 aromatic carbocycles. The lowest BCUT2D eigenvalue weighted by atomic mass is 10.3. The molecule has 0 spiro atoms. The van der Waals surface area contributed by atoms with Crippen molar-refractivity contribution in [3.63, 3.8) is 0 Å². The van der Waals surface area contributed by atoms with Gasteiger partial charge < -0.3 is 4.74 Å². The molecule has 4 nitrogen and oxygen atoms in total. The van der Waals surface area contributed by atoms with Crippen molar-refractivity contribution >= 4 is 10.0 Å². The number of rotatable bonds is 2. The largest absolute Gasteiger partial charge is 0.380 e. The molecule has 6 heteroatoms. The van der Waals surface area contributed by atoms with E-state index < -0.39 is 15.8 Å². The number of benzene rings is 1. The number of hydrogen-bond acceptors (Lipinski definition) is 3. The highest BCUT2D eigenvalue weighted by molar-refractivity contribution is 7.89. The summed E-state index contributed by atoms with van der Waals surface area (Å²) in [7, 11) is -3.74. The van der Waals surface area contributed by atoms with Crippen LogP contribution in [0, 0.1) is 5.82 Å². The molecule has 0 aromatic heterocycles. The summed E-state index contributed by atoms with van der Waals surface area (Å²) >= 11 is 0. The number of halogens is 1. The van der Waals surface area contributed by atoms with Crippen LogP contribution in [0.2, 0.25) is 0 Å². The average Bonchev–Trinajstić information content (AvgIpc) is 2.58. The molecule has 0 radical (unpaired) electrons. The molecule has 1 heterocycles. The lowest BCUT2D eigenvalue weighted by molar-refractivity contribution is 0.148. The van der Waals surface area contributed by atoms with Crippen molar-refractivity contribution in [1.29, 1.82) is 0 Å². The van der Waals surface area contributed by atoms with Gasteiger partial charge in [0.05, 0.1) is 6.61 Å². The summed E-state index contributed by atoms with van der Waals surface area (Å²) in [4.78, 5) is -0.262.